The first-order chi connectivity index (χ1) is 6.24. The Bertz CT molecular complexity index is 449. The Balaban J connectivity index is 3.03. The fourth-order valence-corrected chi connectivity index (χ4v) is 0.914. The second-order valence-electron chi connectivity index (χ2n) is 2.24. The summed E-state index contributed by atoms with van der Waals surface area (Å²) in [5, 5.41) is 5.10. The van der Waals surface area contributed by atoms with Gasteiger partial charge in [0, 0.05) is 17.8 Å². The van der Waals surface area contributed by atoms with Gasteiger partial charge in [-0.15, -0.1) is 0 Å². The van der Waals surface area contributed by atoms with Crippen molar-refractivity contribution in [3.63, 3.8) is 0 Å². The molecule has 1 rings (SSSR count). The average Bonchev–Trinajstić information content (AvgIpc) is 2.11. The summed E-state index contributed by atoms with van der Waals surface area (Å²) in [5.74, 6) is 5.36. The van der Waals surface area contributed by atoms with Crippen molar-refractivity contribution in [1.29, 1.82) is 0 Å². The summed E-state index contributed by atoms with van der Waals surface area (Å²) in [6, 6.07) is 1.18. The summed E-state index contributed by atoms with van der Waals surface area (Å²) in [4.78, 5) is 21.8. The van der Waals surface area contributed by atoms with E-state index in [9.17, 15) is 9.59 Å². The number of hydrogen-bond donors (Lipinski definition) is 2. The molecule has 1 aromatic rings. The van der Waals surface area contributed by atoms with Gasteiger partial charge in [0.05, 0.1) is 5.56 Å². The lowest BCUT2D eigenvalue weighted by Crippen LogP contribution is -2.20. The Kier molecular flexibility index (Phi) is 3.53. The molecule has 0 bridgehead atoms. The maximum absolute atomic E-state index is 11.0. The fraction of sp³-hybridized carbons (Fsp3) is 0.250. The second kappa shape index (κ2) is 4.67. The average molecular weight is 243 g/mol. The second-order valence-corrected chi connectivity index (χ2v) is 3.04. The first kappa shape index (κ1) is 9.81. The zero-order valence-corrected chi connectivity index (χ0v) is 8.27. The third-order valence-corrected chi connectivity index (χ3v) is 1.66. The van der Waals surface area contributed by atoms with Crippen LogP contribution in [0.4, 0.5) is 0 Å². The van der Waals surface area contributed by atoms with Crippen LogP contribution in [0.2, 0.25) is 0 Å². The van der Waals surface area contributed by atoms with Crippen molar-refractivity contribution in [2.45, 2.75) is 6.42 Å². The standard InChI is InChI=1S/C8H7BrN2O2/c9-4-2-1-3-6-5-7(12)10-11-8(6)13/h5H,2,4H2,(H,10,12)(H,11,13). The Labute approximate surface area is 82.5 Å². The normalized spacial score (nSPS) is 9.00. The molecule has 0 atom stereocenters. The van der Waals surface area contributed by atoms with Crippen LogP contribution in [0.3, 0.4) is 0 Å². The van der Waals surface area contributed by atoms with Crippen molar-refractivity contribution >= 4 is 15.9 Å². The lowest BCUT2D eigenvalue weighted by molar-refractivity contribution is 0.946. The van der Waals surface area contributed by atoms with Crippen molar-refractivity contribution in [3.05, 3.63) is 32.3 Å². The molecule has 13 heavy (non-hydrogen) atoms. The van der Waals surface area contributed by atoms with Gasteiger partial charge in [-0.25, -0.2) is 0 Å². The molecule has 0 unspecified atom stereocenters. The summed E-state index contributed by atoms with van der Waals surface area (Å²) < 4.78 is 0. The van der Waals surface area contributed by atoms with Gasteiger partial charge >= 0.3 is 0 Å². The molecule has 0 amide bonds. The van der Waals surface area contributed by atoms with E-state index in [1.807, 2.05) is 0 Å². The lowest BCUT2D eigenvalue weighted by Gasteiger charge is -1.86. The van der Waals surface area contributed by atoms with E-state index in [1.165, 1.54) is 6.07 Å². The van der Waals surface area contributed by atoms with Crippen LogP contribution < -0.4 is 11.1 Å². The third kappa shape index (κ3) is 2.92. The topological polar surface area (TPSA) is 65.7 Å². The van der Waals surface area contributed by atoms with Crippen LogP contribution >= 0.6 is 15.9 Å². The number of hydrogen-bond acceptors (Lipinski definition) is 2. The van der Waals surface area contributed by atoms with E-state index in [0.29, 0.717) is 6.42 Å². The van der Waals surface area contributed by atoms with Gasteiger partial charge in [-0.05, 0) is 0 Å². The molecule has 0 spiro atoms. The van der Waals surface area contributed by atoms with Crippen LogP contribution in [0.25, 0.3) is 0 Å². The Morgan fingerprint density at radius 2 is 2.15 bits per heavy atom. The highest BCUT2D eigenvalue weighted by molar-refractivity contribution is 9.09. The molecule has 0 aromatic carbocycles. The van der Waals surface area contributed by atoms with Crippen LogP contribution in [0, 0.1) is 11.8 Å². The minimum Gasteiger partial charge on any atom is -0.268 e. The van der Waals surface area contributed by atoms with E-state index in [0.717, 1.165) is 5.33 Å². The van der Waals surface area contributed by atoms with E-state index in [4.69, 9.17) is 0 Å². The molecule has 0 saturated heterocycles. The SMILES string of the molecule is O=c1cc(C#CCCBr)c(=O)[nH][nH]1. The number of halogens is 1. The number of nitrogens with one attached hydrogen (secondary N) is 2. The summed E-state index contributed by atoms with van der Waals surface area (Å²) >= 11 is 3.20. The van der Waals surface area contributed by atoms with Crippen molar-refractivity contribution in [2.75, 3.05) is 5.33 Å². The summed E-state index contributed by atoms with van der Waals surface area (Å²) in [6.07, 6.45) is 0.645. The van der Waals surface area contributed by atoms with Crippen molar-refractivity contribution in [3.8, 4) is 11.8 Å². The van der Waals surface area contributed by atoms with Crippen LogP contribution in [0.5, 0.6) is 0 Å². The molecule has 68 valence electrons. The first-order valence-corrected chi connectivity index (χ1v) is 4.73. The minimum atomic E-state index is -0.373. The molecule has 2 N–H and O–H groups in total. The molecule has 0 aliphatic carbocycles. The van der Waals surface area contributed by atoms with Gasteiger partial charge in [0.15, 0.2) is 0 Å². The largest absolute Gasteiger partial charge is 0.278 e. The monoisotopic (exact) mass is 242 g/mol. The van der Waals surface area contributed by atoms with E-state index >= 15 is 0 Å². The summed E-state index contributed by atoms with van der Waals surface area (Å²) in [6.45, 7) is 0. The molecular weight excluding hydrogens is 236 g/mol. The Morgan fingerprint density at radius 1 is 1.38 bits per heavy atom. The predicted molar refractivity (Wildman–Crippen MR) is 53.0 cm³/mol. The zero-order chi connectivity index (χ0) is 9.68. The van der Waals surface area contributed by atoms with Gasteiger partial charge in [0.1, 0.15) is 0 Å². The molecule has 5 heteroatoms. The van der Waals surface area contributed by atoms with Gasteiger partial charge < -0.3 is 0 Å². The van der Waals surface area contributed by atoms with Crippen LogP contribution in [-0.2, 0) is 0 Å². The highest BCUT2D eigenvalue weighted by Crippen LogP contribution is 1.85. The highest BCUT2D eigenvalue weighted by atomic mass is 79.9. The van der Waals surface area contributed by atoms with Gasteiger partial charge in [0.25, 0.3) is 11.1 Å². The van der Waals surface area contributed by atoms with Crippen LogP contribution in [-0.4, -0.2) is 15.5 Å². The van der Waals surface area contributed by atoms with Crippen molar-refractivity contribution < 1.29 is 0 Å². The number of H-pyrrole nitrogens is 2. The minimum absolute atomic E-state index is 0.199. The Morgan fingerprint density at radius 3 is 2.85 bits per heavy atom. The Hall–Kier alpha value is -1.28. The maximum Gasteiger partial charge on any atom is 0.278 e. The quantitative estimate of drug-likeness (QED) is 0.546. The molecule has 1 aromatic heterocycles. The zero-order valence-electron chi connectivity index (χ0n) is 6.69. The number of rotatable bonds is 1. The van der Waals surface area contributed by atoms with Gasteiger partial charge in [-0.1, -0.05) is 27.8 Å². The first-order valence-electron chi connectivity index (χ1n) is 3.61. The molecule has 4 nitrogen and oxygen atoms in total. The number of aromatic nitrogens is 2. The van der Waals surface area contributed by atoms with E-state index in [-0.39, 0.29) is 16.7 Å². The van der Waals surface area contributed by atoms with Gasteiger partial charge in [0.2, 0.25) is 0 Å². The molecule has 0 aliphatic rings. The van der Waals surface area contributed by atoms with Crippen LogP contribution in [0.1, 0.15) is 12.0 Å². The van der Waals surface area contributed by atoms with E-state index < -0.39 is 0 Å². The lowest BCUT2D eigenvalue weighted by atomic mass is 10.3. The molecule has 0 fully saturated rings. The molecule has 1 heterocycles. The smallest absolute Gasteiger partial charge is 0.268 e. The number of aromatic amines is 2. The van der Waals surface area contributed by atoms with Crippen LogP contribution in [0.15, 0.2) is 15.7 Å². The van der Waals surface area contributed by atoms with Crippen molar-refractivity contribution in [1.82, 2.24) is 10.2 Å². The maximum atomic E-state index is 11.0. The fourth-order valence-electron chi connectivity index (χ4n) is 0.716. The van der Waals surface area contributed by atoms with Gasteiger partial charge in [-0.2, -0.15) is 0 Å². The molecule has 0 radical (unpaired) electrons. The number of alkyl halides is 1. The van der Waals surface area contributed by atoms with E-state index in [2.05, 4.69) is 38.0 Å². The van der Waals surface area contributed by atoms with Crippen molar-refractivity contribution in [2.24, 2.45) is 0 Å². The third-order valence-electron chi connectivity index (χ3n) is 1.26. The molecular formula is C8H7BrN2O2. The molecule has 0 aliphatic heterocycles. The predicted octanol–water partition coefficient (Wildman–Crippen LogP) is 0.200. The summed E-state index contributed by atoms with van der Waals surface area (Å²) in [7, 11) is 0. The summed E-state index contributed by atoms with van der Waals surface area (Å²) in [5.41, 5.74) is -0.533. The van der Waals surface area contributed by atoms with Gasteiger partial charge in [-0.3, -0.25) is 19.8 Å². The molecule has 0 saturated carbocycles. The van der Waals surface area contributed by atoms with E-state index in [1.54, 1.807) is 0 Å². The highest BCUT2D eigenvalue weighted by Gasteiger charge is 1.94.